The number of carboxylic acid groups (broad SMARTS) is 1. The van der Waals surface area contributed by atoms with Crippen molar-refractivity contribution in [3.63, 3.8) is 0 Å². The fraction of sp³-hybridized carbons (Fsp3) is 0.143. The highest BCUT2D eigenvalue weighted by Crippen LogP contribution is 2.20. The molecular formula is C7H6BrNO4S. The number of rotatable bonds is 4. The van der Waals surface area contributed by atoms with Crippen LogP contribution in [0.4, 0.5) is 0 Å². The van der Waals surface area contributed by atoms with Crippen LogP contribution >= 0.6 is 27.3 Å². The van der Waals surface area contributed by atoms with Crippen molar-refractivity contribution in [2.45, 2.75) is 0 Å². The van der Waals surface area contributed by atoms with Crippen LogP contribution in [0, 0.1) is 0 Å². The van der Waals surface area contributed by atoms with Gasteiger partial charge in [0.2, 0.25) is 0 Å². The van der Waals surface area contributed by atoms with Gasteiger partial charge in [-0.1, -0.05) is 0 Å². The molecule has 0 saturated heterocycles. The molecule has 14 heavy (non-hydrogen) atoms. The van der Waals surface area contributed by atoms with Gasteiger partial charge in [-0.05, 0) is 22.0 Å². The summed E-state index contributed by atoms with van der Waals surface area (Å²) in [6.45, 7) is -0.558. The molecule has 1 aromatic heterocycles. The number of thiophene rings is 1. The molecule has 0 aliphatic heterocycles. The Morgan fingerprint density at radius 1 is 1.64 bits per heavy atom. The smallest absolute Gasteiger partial charge is 0.332 e. The molecule has 0 atom stereocenters. The molecule has 7 heteroatoms. The largest absolute Gasteiger partial charge is 0.479 e. The molecule has 0 saturated carbocycles. The zero-order chi connectivity index (χ0) is 10.6. The Kier molecular flexibility index (Phi) is 4.05. The van der Waals surface area contributed by atoms with Crippen LogP contribution in [0.3, 0.4) is 0 Å². The van der Waals surface area contributed by atoms with Crippen LogP contribution in [0.5, 0.6) is 0 Å². The van der Waals surface area contributed by atoms with E-state index in [2.05, 4.69) is 20.8 Å². The SMILES string of the molecule is O=C(O)CONC(=O)c1csc(Br)c1. The predicted octanol–water partition coefficient (Wildman–Crippen LogP) is 1.26. The Labute approximate surface area is 91.8 Å². The average molecular weight is 280 g/mol. The van der Waals surface area contributed by atoms with Crippen molar-refractivity contribution in [2.24, 2.45) is 0 Å². The molecule has 76 valence electrons. The minimum absolute atomic E-state index is 0.423. The zero-order valence-electron chi connectivity index (χ0n) is 6.82. The Morgan fingerprint density at radius 3 is 2.86 bits per heavy atom. The Balaban J connectivity index is 2.39. The maximum atomic E-state index is 11.2. The summed E-state index contributed by atoms with van der Waals surface area (Å²) in [5, 5.41) is 9.85. The second-order valence-electron chi connectivity index (χ2n) is 2.25. The van der Waals surface area contributed by atoms with E-state index in [-0.39, 0.29) is 0 Å². The number of carbonyl (C=O) groups excluding carboxylic acids is 1. The predicted molar refractivity (Wildman–Crippen MR) is 53.1 cm³/mol. The summed E-state index contributed by atoms with van der Waals surface area (Å²) in [5.74, 6) is -1.61. The van der Waals surface area contributed by atoms with Crippen LogP contribution in [0.15, 0.2) is 15.2 Å². The maximum absolute atomic E-state index is 11.2. The number of carbonyl (C=O) groups is 2. The van der Waals surface area contributed by atoms with Crippen molar-refractivity contribution in [1.29, 1.82) is 0 Å². The van der Waals surface area contributed by atoms with E-state index in [1.807, 2.05) is 5.48 Å². The van der Waals surface area contributed by atoms with Gasteiger partial charge in [0.25, 0.3) is 5.91 Å². The molecule has 1 amide bonds. The fourth-order valence-electron chi connectivity index (χ4n) is 0.651. The van der Waals surface area contributed by atoms with Crippen molar-refractivity contribution in [3.8, 4) is 0 Å². The van der Waals surface area contributed by atoms with Crippen LogP contribution in [0.25, 0.3) is 0 Å². The minimum atomic E-state index is -1.14. The van der Waals surface area contributed by atoms with Gasteiger partial charge in [-0.25, -0.2) is 10.3 Å². The third-order valence-corrected chi connectivity index (χ3v) is 2.69. The van der Waals surface area contributed by atoms with Crippen LogP contribution in [0.1, 0.15) is 10.4 Å². The van der Waals surface area contributed by atoms with Gasteiger partial charge in [0.15, 0.2) is 6.61 Å². The van der Waals surface area contributed by atoms with Crippen LogP contribution in [-0.2, 0) is 9.63 Å². The number of hydrogen-bond donors (Lipinski definition) is 2. The van der Waals surface area contributed by atoms with Gasteiger partial charge >= 0.3 is 5.97 Å². The lowest BCUT2D eigenvalue weighted by atomic mass is 10.3. The monoisotopic (exact) mass is 279 g/mol. The van der Waals surface area contributed by atoms with E-state index in [1.54, 1.807) is 11.4 Å². The number of aliphatic carboxylic acids is 1. The number of halogens is 1. The highest BCUT2D eigenvalue weighted by Gasteiger charge is 2.08. The van der Waals surface area contributed by atoms with Gasteiger partial charge in [-0.3, -0.25) is 9.63 Å². The molecule has 5 nitrogen and oxygen atoms in total. The lowest BCUT2D eigenvalue weighted by molar-refractivity contribution is -0.144. The zero-order valence-corrected chi connectivity index (χ0v) is 9.22. The van der Waals surface area contributed by atoms with Crippen molar-refractivity contribution in [3.05, 3.63) is 20.8 Å². The summed E-state index contributed by atoms with van der Waals surface area (Å²) in [4.78, 5) is 25.6. The highest BCUT2D eigenvalue weighted by atomic mass is 79.9. The lowest BCUT2D eigenvalue weighted by Gasteiger charge is -2.00. The molecule has 0 aromatic carbocycles. The Bertz CT molecular complexity index is 351. The molecule has 2 N–H and O–H groups in total. The van der Waals surface area contributed by atoms with Gasteiger partial charge in [0.05, 0.1) is 9.35 Å². The third-order valence-electron chi connectivity index (χ3n) is 1.19. The van der Waals surface area contributed by atoms with E-state index in [0.29, 0.717) is 5.56 Å². The number of hydroxylamine groups is 1. The first kappa shape index (κ1) is 11.2. The quantitative estimate of drug-likeness (QED) is 0.814. The average Bonchev–Trinajstić information content (AvgIpc) is 2.51. The Morgan fingerprint density at radius 2 is 2.36 bits per heavy atom. The topological polar surface area (TPSA) is 75.6 Å². The van der Waals surface area contributed by atoms with Crippen molar-refractivity contribution >= 4 is 39.1 Å². The first-order valence-corrected chi connectivity index (χ1v) is 5.15. The van der Waals surface area contributed by atoms with Crippen molar-refractivity contribution in [2.75, 3.05) is 6.61 Å². The fourth-order valence-corrected chi connectivity index (χ4v) is 1.79. The molecule has 0 unspecified atom stereocenters. The van der Waals surface area contributed by atoms with Crippen LogP contribution in [-0.4, -0.2) is 23.6 Å². The molecular weight excluding hydrogens is 274 g/mol. The summed E-state index contributed by atoms with van der Waals surface area (Å²) < 4.78 is 0.820. The molecule has 0 aliphatic rings. The van der Waals surface area contributed by atoms with E-state index in [4.69, 9.17) is 5.11 Å². The maximum Gasteiger partial charge on any atom is 0.332 e. The highest BCUT2D eigenvalue weighted by molar-refractivity contribution is 9.11. The summed E-state index contributed by atoms with van der Waals surface area (Å²) in [5.41, 5.74) is 2.43. The summed E-state index contributed by atoms with van der Waals surface area (Å²) in [6.07, 6.45) is 0. The molecule has 0 spiro atoms. The van der Waals surface area contributed by atoms with Crippen LogP contribution in [0.2, 0.25) is 0 Å². The number of carboxylic acids is 1. The van der Waals surface area contributed by atoms with Gasteiger partial charge in [-0.15, -0.1) is 11.3 Å². The molecule has 0 aliphatic carbocycles. The number of nitrogens with one attached hydrogen (secondary N) is 1. The first-order chi connectivity index (χ1) is 6.59. The van der Waals surface area contributed by atoms with Gasteiger partial charge in [0.1, 0.15) is 0 Å². The summed E-state index contributed by atoms with van der Waals surface area (Å²) in [6, 6.07) is 1.62. The molecule has 1 aromatic rings. The summed E-state index contributed by atoms with van der Waals surface area (Å²) >= 11 is 4.55. The third kappa shape index (κ3) is 3.44. The standard InChI is InChI=1S/C7H6BrNO4S/c8-5-1-4(3-14-5)7(12)9-13-2-6(10)11/h1,3H,2H2,(H,9,12)(H,10,11). The van der Waals surface area contributed by atoms with Crippen LogP contribution < -0.4 is 5.48 Å². The Hall–Kier alpha value is -0.920. The van der Waals surface area contributed by atoms with Gasteiger partial charge in [-0.2, -0.15) is 0 Å². The van der Waals surface area contributed by atoms with Crippen molar-refractivity contribution < 1.29 is 19.5 Å². The van der Waals surface area contributed by atoms with Gasteiger partial charge < -0.3 is 5.11 Å². The van der Waals surface area contributed by atoms with E-state index in [9.17, 15) is 9.59 Å². The number of amides is 1. The second-order valence-corrected chi connectivity index (χ2v) is 4.54. The van der Waals surface area contributed by atoms with Crippen molar-refractivity contribution in [1.82, 2.24) is 5.48 Å². The molecule has 0 fully saturated rings. The van der Waals surface area contributed by atoms with E-state index in [0.717, 1.165) is 3.79 Å². The number of hydrogen-bond acceptors (Lipinski definition) is 4. The van der Waals surface area contributed by atoms with E-state index < -0.39 is 18.5 Å². The minimum Gasteiger partial charge on any atom is -0.479 e. The molecule has 0 bridgehead atoms. The lowest BCUT2D eigenvalue weighted by Crippen LogP contribution is -2.26. The van der Waals surface area contributed by atoms with E-state index in [1.165, 1.54) is 11.3 Å². The second kappa shape index (κ2) is 5.08. The molecule has 1 rings (SSSR count). The van der Waals surface area contributed by atoms with E-state index >= 15 is 0 Å². The normalized spacial score (nSPS) is 9.79. The first-order valence-electron chi connectivity index (χ1n) is 3.47. The summed E-state index contributed by atoms with van der Waals surface area (Å²) in [7, 11) is 0. The van der Waals surface area contributed by atoms with Gasteiger partial charge in [0, 0.05) is 5.38 Å². The molecule has 1 heterocycles. The molecule has 0 radical (unpaired) electrons.